The molecule has 0 spiro atoms. The molecular formula is C30H37ClN4O5. The normalized spacial score (nSPS) is 17.5. The number of likely N-dealkylation sites (N-methyl/N-ethyl adjacent to an activating group) is 1. The third kappa shape index (κ3) is 6.06. The Morgan fingerprint density at radius 3 is 2.35 bits per heavy atom. The van der Waals surface area contributed by atoms with Gasteiger partial charge in [0.2, 0.25) is 11.8 Å². The van der Waals surface area contributed by atoms with Gasteiger partial charge in [0.1, 0.15) is 11.8 Å². The fourth-order valence-electron chi connectivity index (χ4n) is 5.01. The van der Waals surface area contributed by atoms with Gasteiger partial charge >= 0.3 is 0 Å². The summed E-state index contributed by atoms with van der Waals surface area (Å²) in [7, 11) is 4.82. The zero-order valence-corrected chi connectivity index (χ0v) is 24.3. The van der Waals surface area contributed by atoms with Crippen LogP contribution in [0.15, 0.2) is 60.7 Å². The van der Waals surface area contributed by atoms with Crippen molar-refractivity contribution in [1.29, 1.82) is 0 Å². The largest absolute Gasteiger partial charge is 0.496 e. The number of hydrogen-bond donors (Lipinski definition) is 2. The smallest absolute Gasteiger partial charge is 0.252 e. The highest BCUT2D eigenvalue weighted by Crippen LogP contribution is 2.38. The Bertz CT molecular complexity index is 1370. The number of hydrogen-bond acceptors (Lipinski definition) is 6. The van der Waals surface area contributed by atoms with Gasteiger partial charge in [-0.25, -0.2) is 0 Å². The first-order valence-corrected chi connectivity index (χ1v) is 13.1. The van der Waals surface area contributed by atoms with Gasteiger partial charge in [-0.3, -0.25) is 14.4 Å². The standard InChI is InChI=1S/C30H36N4O5.ClH/c1-19(31-3)29(36)32-28-20(2)34(27(35)16-17-38-4)25-13-9-8-12-24(25)33(30(28)37)18-23-22-11-7-6-10-21(22)14-15-26(23)39-5;/h6-15,19-20,28,31H,16-18H2,1-5H3,(H,32,36);1H/t19?,20-,28-;/m0./s1. The first kappa shape index (κ1) is 30.9. The van der Waals surface area contributed by atoms with Gasteiger partial charge in [0.25, 0.3) is 5.91 Å². The molecule has 10 heteroatoms. The lowest BCUT2D eigenvalue weighted by atomic mass is 10.0. The molecule has 3 amide bonds. The van der Waals surface area contributed by atoms with Crippen LogP contribution in [0.4, 0.5) is 11.4 Å². The second-order valence-corrected chi connectivity index (χ2v) is 9.62. The summed E-state index contributed by atoms with van der Waals surface area (Å²) in [5, 5.41) is 7.80. The van der Waals surface area contributed by atoms with Gasteiger partial charge in [-0.2, -0.15) is 0 Å². The number of halogens is 1. The van der Waals surface area contributed by atoms with Crippen LogP contribution in [0.25, 0.3) is 10.8 Å². The Morgan fingerprint density at radius 2 is 1.68 bits per heavy atom. The number of anilines is 2. The number of carbonyl (C=O) groups excluding carboxylic acids is 3. The van der Waals surface area contributed by atoms with E-state index in [4.69, 9.17) is 9.47 Å². The van der Waals surface area contributed by atoms with Gasteiger partial charge in [-0.1, -0.05) is 42.5 Å². The number of fused-ring (bicyclic) bond motifs is 2. The monoisotopic (exact) mass is 568 g/mol. The van der Waals surface area contributed by atoms with E-state index in [1.807, 2.05) is 60.7 Å². The first-order valence-electron chi connectivity index (χ1n) is 13.1. The third-order valence-electron chi connectivity index (χ3n) is 7.30. The average Bonchev–Trinajstić information content (AvgIpc) is 3.04. The molecule has 2 N–H and O–H groups in total. The SMILES string of the molecule is CNC(C)C(=O)N[C@@H]1C(=O)N(Cc2c(OC)ccc3ccccc23)c2ccccc2N(C(=O)CCOC)[C@H]1C.Cl. The van der Waals surface area contributed by atoms with Gasteiger partial charge in [0.05, 0.1) is 50.1 Å². The van der Waals surface area contributed by atoms with Crippen LogP contribution in [-0.4, -0.2) is 63.7 Å². The van der Waals surface area contributed by atoms with Crippen molar-refractivity contribution in [3.8, 4) is 5.75 Å². The van der Waals surface area contributed by atoms with Crippen molar-refractivity contribution < 1.29 is 23.9 Å². The van der Waals surface area contributed by atoms with Crippen molar-refractivity contribution in [3.63, 3.8) is 0 Å². The van der Waals surface area contributed by atoms with Crippen LogP contribution in [0.1, 0.15) is 25.8 Å². The van der Waals surface area contributed by atoms with Crippen molar-refractivity contribution in [2.24, 2.45) is 0 Å². The number of para-hydroxylation sites is 2. The molecule has 1 heterocycles. The fourth-order valence-corrected chi connectivity index (χ4v) is 5.01. The van der Waals surface area contributed by atoms with E-state index < -0.39 is 18.1 Å². The first-order chi connectivity index (χ1) is 18.8. The molecule has 214 valence electrons. The number of nitrogens with one attached hydrogen (secondary N) is 2. The predicted molar refractivity (Wildman–Crippen MR) is 159 cm³/mol. The van der Waals surface area contributed by atoms with Gasteiger partial charge in [-0.15, -0.1) is 12.4 Å². The molecular weight excluding hydrogens is 532 g/mol. The maximum absolute atomic E-state index is 14.4. The molecule has 1 aliphatic heterocycles. The number of benzene rings is 3. The maximum atomic E-state index is 14.4. The van der Waals surface area contributed by atoms with Gasteiger partial charge in [-0.05, 0) is 49.9 Å². The number of rotatable bonds is 9. The molecule has 3 aromatic carbocycles. The van der Waals surface area contributed by atoms with E-state index in [1.165, 1.54) is 7.11 Å². The summed E-state index contributed by atoms with van der Waals surface area (Å²) < 4.78 is 10.9. The van der Waals surface area contributed by atoms with Gasteiger partial charge < -0.3 is 29.9 Å². The van der Waals surface area contributed by atoms with Crippen LogP contribution in [-0.2, 0) is 25.7 Å². The molecule has 0 aliphatic carbocycles. The Kier molecular flexibility index (Phi) is 10.5. The number of nitrogens with zero attached hydrogens (tertiary/aromatic N) is 2. The number of methoxy groups -OCH3 is 2. The number of amides is 3. The van der Waals surface area contributed by atoms with Gasteiger partial charge in [0, 0.05) is 12.7 Å². The fraction of sp³-hybridized carbons (Fsp3) is 0.367. The second-order valence-electron chi connectivity index (χ2n) is 9.62. The second kappa shape index (κ2) is 13.6. The van der Waals surface area contributed by atoms with Crippen LogP contribution in [0.2, 0.25) is 0 Å². The summed E-state index contributed by atoms with van der Waals surface area (Å²) >= 11 is 0. The highest BCUT2D eigenvalue weighted by atomic mass is 35.5. The summed E-state index contributed by atoms with van der Waals surface area (Å²) in [5.74, 6) is -0.201. The minimum Gasteiger partial charge on any atom is -0.496 e. The lowest BCUT2D eigenvalue weighted by Gasteiger charge is -2.32. The van der Waals surface area contributed by atoms with Gasteiger partial charge in [0.15, 0.2) is 0 Å². The minimum atomic E-state index is -0.992. The lowest BCUT2D eigenvalue weighted by molar-refractivity contribution is -0.129. The molecule has 1 aliphatic rings. The van der Waals surface area contributed by atoms with Crippen molar-refractivity contribution >= 4 is 52.3 Å². The van der Waals surface area contributed by atoms with Crippen LogP contribution < -0.4 is 25.2 Å². The van der Waals surface area contributed by atoms with E-state index in [2.05, 4.69) is 10.6 Å². The molecule has 0 aromatic heterocycles. The molecule has 40 heavy (non-hydrogen) atoms. The summed E-state index contributed by atoms with van der Waals surface area (Å²) in [4.78, 5) is 44.2. The Hall–Kier alpha value is -3.66. The molecule has 9 nitrogen and oxygen atoms in total. The molecule has 0 saturated carbocycles. The van der Waals surface area contributed by atoms with Crippen molar-refractivity contribution in [1.82, 2.24) is 10.6 Å². The number of carbonyl (C=O) groups is 3. The Morgan fingerprint density at radius 1 is 1.00 bits per heavy atom. The summed E-state index contributed by atoms with van der Waals surface area (Å²) in [6, 6.07) is 17.0. The van der Waals surface area contributed by atoms with E-state index >= 15 is 0 Å². The molecule has 0 fully saturated rings. The quantitative estimate of drug-likeness (QED) is 0.409. The summed E-state index contributed by atoms with van der Waals surface area (Å²) in [5.41, 5.74) is 2.00. The highest BCUT2D eigenvalue weighted by molar-refractivity contribution is 6.09. The zero-order valence-electron chi connectivity index (χ0n) is 23.5. The van der Waals surface area contributed by atoms with Crippen molar-refractivity contribution in [3.05, 3.63) is 66.2 Å². The summed E-state index contributed by atoms with van der Waals surface area (Å²) in [6.07, 6.45) is 0.133. The molecule has 3 atom stereocenters. The van der Waals surface area contributed by atoms with E-state index in [-0.39, 0.29) is 49.7 Å². The zero-order chi connectivity index (χ0) is 28.1. The molecule has 0 bridgehead atoms. The van der Waals surface area contributed by atoms with Crippen molar-refractivity contribution in [2.45, 2.75) is 44.9 Å². The highest BCUT2D eigenvalue weighted by Gasteiger charge is 2.42. The van der Waals surface area contributed by atoms with E-state index in [9.17, 15) is 14.4 Å². The molecule has 1 unspecified atom stereocenters. The molecule has 4 rings (SSSR count). The van der Waals surface area contributed by atoms with Crippen LogP contribution in [0.3, 0.4) is 0 Å². The third-order valence-corrected chi connectivity index (χ3v) is 7.30. The predicted octanol–water partition coefficient (Wildman–Crippen LogP) is 3.67. The molecule has 3 aromatic rings. The number of ether oxygens (including phenoxy) is 2. The topological polar surface area (TPSA) is 100 Å². The molecule has 0 radical (unpaired) electrons. The molecule has 0 saturated heterocycles. The maximum Gasteiger partial charge on any atom is 0.252 e. The Labute approximate surface area is 241 Å². The lowest BCUT2D eigenvalue weighted by Crippen LogP contribution is -2.59. The average molecular weight is 569 g/mol. The van der Waals surface area contributed by atoms with Crippen LogP contribution in [0.5, 0.6) is 5.75 Å². The van der Waals surface area contributed by atoms with Crippen LogP contribution in [0, 0.1) is 0 Å². The summed E-state index contributed by atoms with van der Waals surface area (Å²) in [6.45, 7) is 3.93. The van der Waals surface area contributed by atoms with E-state index in [0.29, 0.717) is 17.1 Å². The minimum absolute atomic E-state index is 0. The van der Waals surface area contributed by atoms with E-state index in [1.54, 1.807) is 37.8 Å². The van der Waals surface area contributed by atoms with E-state index in [0.717, 1.165) is 16.3 Å². The van der Waals surface area contributed by atoms with Crippen molar-refractivity contribution in [2.75, 3.05) is 37.7 Å². The Balaban J connectivity index is 0.00000441. The van der Waals surface area contributed by atoms with Crippen LogP contribution >= 0.6 is 12.4 Å².